The maximum atomic E-state index is 11.4. The molecule has 0 unspecified atom stereocenters. The van der Waals surface area contributed by atoms with E-state index in [0.29, 0.717) is 22.1 Å². The number of anilines is 1. The highest BCUT2D eigenvalue weighted by molar-refractivity contribution is 7.89. The highest BCUT2D eigenvalue weighted by Gasteiger charge is 2.33. The second-order valence-electron chi connectivity index (χ2n) is 9.18. The van der Waals surface area contributed by atoms with E-state index in [1.807, 2.05) is 30.5 Å². The fourth-order valence-electron chi connectivity index (χ4n) is 4.03. The molecule has 33 heavy (non-hydrogen) atoms. The minimum absolute atomic E-state index is 0.0331. The quantitative estimate of drug-likeness (QED) is 0.308. The molecular formula is C24H33N6O2S+. The molecule has 0 spiro atoms. The zero-order valence-electron chi connectivity index (χ0n) is 19.6. The summed E-state index contributed by atoms with van der Waals surface area (Å²) in [4.78, 5) is 4.60. The molecule has 0 bridgehead atoms. The van der Waals surface area contributed by atoms with Crippen LogP contribution < -0.4 is 16.2 Å². The molecule has 0 aliphatic carbocycles. The van der Waals surface area contributed by atoms with Crippen molar-refractivity contribution in [2.24, 2.45) is 32.8 Å². The Labute approximate surface area is 196 Å². The summed E-state index contributed by atoms with van der Waals surface area (Å²) in [5.41, 5.74) is 9.44. The Hall–Kier alpha value is -3.01. The number of para-hydroxylation sites is 1. The molecule has 0 radical (unpaired) electrons. The number of benzene rings is 2. The van der Waals surface area contributed by atoms with Gasteiger partial charge in [0, 0.05) is 23.1 Å². The molecule has 0 saturated heterocycles. The molecule has 8 nitrogen and oxygen atoms in total. The lowest BCUT2D eigenvalue weighted by Gasteiger charge is -2.29. The van der Waals surface area contributed by atoms with Crippen molar-refractivity contribution in [1.82, 2.24) is 0 Å². The third-order valence-electron chi connectivity index (χ3n) is 5.08. The minimum Gasteiger partial charge on any atom is -0.369 e. The van der Waals surface area contributed by atoms with Gasteiger partial charge in [-0.2, -0.15) is 4.59 Å². The number of quaternary nitrogens is 1. The van der Waals surface area contributed by atoms with Crippen LogP contribution in [0.5, 0.6) is 0 Å². The van der Waals surface area contributed by atoms with Gasteiger partial charge >= 0.3 is 0 Å². The Morgan fingerprint density at radius 3 is 2.21 bits per heavy atom. The van der Waals surface area contributed by atoms with Crippen LogP contribution in [0.2, 0.25) is 0 Å². The summed E-state index contributed by atoms with van der Waals surface area (Å²) in [6.45, 7) is 10.7. The van der Waals surface area contributed by atoms with Gasteiger partial charge in [-0.05, 0) is 30.3 Å². The molecule has 1 heterocycles. The van der Waals surface area contributed by atoms with Gasteiger partial charge in [0.15, 0.2) is 5.96 Å². The molecule has 0 atom stereocenters. The van der Waals surface area contributed by atoms with Gasteiger partial charge in [0.05, 0.1) is 22.4 Å². The van der Waals surface area contributed by atoms with Crippen molar-refractivity contribution < 1.29 is 13.0 Å². The van der Waals surface area contributed by atoms with E-state index in [-0.39, 0.29) is 10.9 Å². The van der Waals surface area contributed by atoms with Crippen molar-refractivity contribution in [1.29, 1.82) is 0 Å². The number of allylic oxidation sites excluding steroid dienone is 1. The summed E-state index contributed by atoms with van der Waals surface area (Å²) in [5.74, 6) is 1.20. The number of hydrogen-bond acceptors (Lipinski definition) is 4. The second kappa shape index (κ2) is 9.86. The lowest BCUT2D eigenvalue weighted by atomic mass is 10.1. The average molecular weight is 470 g/mol. The molecule has 9 heteroatoms. The van der Waals surface area contributed by atoms with Crippen molar-refractivity contribution in [2.45, 2.75) is 32.6 Å². The number of hydrogen-bond donors (Lipinski definition) is 3. The van der Waals surface area contributed by atoms with Crippen LogP contribution in [0.15, 0.2) is 69.7 Å². The number of rotatable bonds is 8. The highest BCUT2D eigenvalue weighted by atomic mass is 32.2. The van der Waals surface area contributed by atoms with Gasteiger partial charge in [0.2, 0.25) is 10.0 Å². The number of sulfonamides is 1. The zero-order chi connectivity index (χ0) is 24.2. The first-order chi connectivity index (χ1) is 15.5. The van der Waals surface area contributed by atoms with E-state index in [0.717, 1.165) is 29.9 Å². The van der Waals surface area contributed by atoms with E-state index < -0.39 is 10.0 Å². The standard InChI is InChI=1S/C24H33N6O2S/c1-17(2)14-30(15-18(3)4)16-19(13-27-30)22-7-5-6-8-23(22)29-24(25)28-20-9-11-21(12-10-20)33(26,31)32/h5-13,16-18H,14-15H2,1-4H3,(H3,25,28,29)(H2,26,31,32)/q+1. The minimum atomic E-state index is -3.75. The molecule has 1 aliphatic rings. The van der Waals surface area contributed by atoms with E-state index in [2.05, 4.69) is 44.2 Å². The van der Waals surface area contributed by atoms with E-state index in [4.69, 9.17) is 16.0 Å². The number of nitrogens with zero attached hydrogens (tertiary/aromatic N) is 3. The molecule has 2 aromatic carbocycles. The van der Waals surface area contributed by atoms with Crippen LogP contribution in [0.4, 0.5) is 11.4 Å². The Morgan fingerprint density at radius 1 is 1.03 bits per heavy atom. The summed E-state index contributed by atoms with van der Waals surface area (Å²) in [5, 5.41) is 13.0. The SMILES string of the molecule is CC(C)C[N+]1(CC(C)C)C=C(c2ccccc2/N=C(\N)Nc2ccc(S(N)(=O)=O)cc2)C=N1. The molecule has 5 N–H and O–H groups in total. The van der Waals surface area contributed by atoms with Gasteiger partial charge < -0.3 is 11.1 Å². The van der Waals surface area contributed by atoms with Crippen molar-refractivity contribution in [3.8, 4) is 0 Å². The lowest BCUT2D eigenvalue weighted by molar-refractivity contribution is -0.889. The largest absolute Gasteiger partial charge is 0.369 e. The maximum Gasteiger partial charge on any atom is 0.238 e. The first-order valence-electron chi connectivity index (χ1n) is 11.0. The van der Waals surface area contributed by atoms with Crippen LogP contribution in [0.3, 0.4) is 0 Å². The number of nitrogens with two attached hydrogens (primary N) is 2. The third kappa shape index (κ3) is 6.50. The van der Waals surface area contributed by atoms with Crippen LogP contribution >= 0.6 is 0 Å². The Morgan fingerprint density at radius 2 is 1.64 bits per heavy atom. The van der Waals surface area contributed by atoms with Crippen molar-refractivity contribution in [3.63, 3.8) is 0 Å². The summed E-state index contributed by atoms with van der Waals surface area (Å²) in [6.07, 6.45) is 4.14. The topological polar surface area (TPSA) is 123 Å². The smallest absolute Gasteiger partial charge is 0.238 e. The third-order valence-corrected chi connectivity index (χ3v) is 6.01. The van der Waals surface area contributed by atoms with Crippen LogP contribution in [-0.4, -0.2) is 38.3 Å². The second-order valence-corrected chi connectivity index (χ2v) is 10.7. The molecule has 176 valence electrons. The van der Waals surface area contributed by atoms with Crippen molar-refractivity contribution in [2.75, 3.05) is 18.4 Å². The molecule has 0 fully saturated rings. The first kappa shape index (κ1) is 24.6. The predicted molar refractivity (Wildman–Crippen MR) is 135 cm³/mol. The van der Waals surface area contributed by atoms with Crippen LogP contribution in [0.25, 0.3) is 5.57 Å². The maximum absolute atomic E-state index is 11.4. The van der Waals surface area contributed by atoms with E-state index >= 15 is 0 Å². The van der Waals surface area contributed by atoms with Crippen LogP contribution in [0.1, 0.15) is 33.3 Å². The van der Waals surface area contributed by atoms with Gasteiger partial charge in [-0.25, -0.2) is 18.5 Å². The summed E-state index contributed by atoms with van der Waals surface area (Å²) >= 11 is 0. The molecule has 1 aliphatic heterocycles. The Balaban J connectivity index is 1.87. The van der Waals surface area contributed by atoms with Gasteiger partial charge in [-0.15, -0.1) is 0 Å². The monoisotopic (exact) mass is 469 g/mol. The van der Waals surface area contributed by atoms with Crippen molar-refractivity contribution in [3.05, 3.63) is 60.3 Å². The molecule has 2 aromatic rings. The van der Waals surface area contributed by atoms with E-state index in [1.165, 1.54) is 12.1 Å². The fourth-order valence-corrected chi connectivity index (χ4v) is 4.54. The summed E-state index contributed by atoms with van der Waals surface area (Å²) < 4.78 is 23.4. The number of guanidine groups is 1. The summed E-state index contributed by atoms with van der Waals surface area (Å²) in [6, 6.07) is 13.8. The number of nitrogens with one attached hydrogen (secondary N) is 1. The number of primary sulfonamides is 1. The van der Waals surface area contributed by atoms with E-state index in [1.54, 1.807) is 12.1 Å². The highest BCUT2D eigenvalue weighted by Crippen LogP contribution is 2.32. The molecule has 0 saturated carbocycles. The molecule has 0 amide bonds. The van der Waals surface area contributed by atoms with Gasteiger partial charge in [-0.1, -0.05) is 51.0 Å². The first-order valence-corrected chi connectivity index (χ1v) is 12.5. The van der Waals surface area contributed by atoms with Gasteiger partial charge in [0.25, 0.3) is 0 Å². The molecule has 0 aromatic heterocycles. The van der Waals surface area contributed by atoms with E-state index in [9.17, 15) is 8.42 Å². The normalized spacial score (nSPS) is 15.8. The van der Waals surface area contributed by atoms with Crippen LogP contribution in [0, 0.1) is 11.8 Å². The average Bonchev–Trinajstić information content (AvgIpc) is 3.09. The number of aliphatic imine (C=N–C) groups is 1. The Kier molecular flexibility index (Phi) is 7.36. The molecular weight excluding hydrogens is 436 g/mol. The predicted octanol–water partition coefficient (Wildman–Crippen LogP) is 3.86. The van der Waals surface area contributed by atoms with Gasteiger partial charge in [-0.3, -0.25) is 0 Å². The Bertz CT molecular complexity index is 1170. The lowest BCUT2D eigenvalue weighted by Crippen LogP contribution is -2.41. The summed E-state index contributed by atoms with van der Waals surface area (Å²) in [7, 11) is -3.75. The van der Waals surface area contributed by atoms with Gasteiger partial charge in [0.1, 0.15) is 19.3 Å². The van der Waals surface area contributed by atoms with Crippen molar-refractivity contribution >= 4 is 39.1 Å². The molecule has 3 rings (SSSR count). The zero-order valence-corrected chi connectivity index (χ0v) is 20.4. The van der Waals surface area contributed by atoms with Crippen LogP contribution in [-0.2, 0) is 10.0 Å². The fraction of sp³-hybridized carbons (Fsp3) is 0.333.